The van der Waals surface area contributed by atoms with Crippen LogP contribution in [0.5, 0.6) is 0 Å². The lowest BCUT2D eigenvalue weighted by atomic mass is 9.99. The van der Waals surface area contributed by atoms with E-state index in [9.17, 15) is 9.59 Å². The Bertz CT molecular complexity index is 1270. The summed E-state index contributed by atoms with van der Waals surface area (Å²) in [7, 11) is 0. The molecule has 34 heavy (non-hydrogen) atoms. The van der Waals surface area contributed by atoms with Gasteiger partial charge in [-0.1, -0.05) is 78.9 Å². The first-order chi connectivity index (χ1) is 16.7. The zero-order valence-corrected chi connectivity index (χ0v) is 18.4. The van der Waals surface area contributed by atoms with Crippen molar-refractivity contribution in [2.45, 2.75) is 25.0 Å². The van der Waals surface area contributed by atoms with Crippen molar-refractivity contribution in [3.05, 3.63) is 102 Å². The molecule has 3 aromatic carbocycles. The summed E-state index contributed by atoms with van der Waals surface area (Å²) in [6.07, 6.45) is 2.68. The molecule has 0 radical (unpaired) electrons. The highest BCUT2D eigenvalue weighted by molar-refractivity contribution is 5.89. The molecular weight excluding hydrogens is 430 g/mol. The minimum Gasteiger partial charge on any atom is -0.456 e. The summed E-state index contributed by atoms with van der Waals surface area (Å²) < 4.78 is 16.0. The van der Waals surface area contributed by atoms with Crippen LogP contribution in [-0.2, 0) is 26.5 Å². The van der Waals surface area contributed by atoms with Crippen LogP contribution in [0.2, 0.25) is 0 Å². The molecule has 1 fully saturated rings. The largest absolute Gasteiger partial charge is 0.456 e. The van der Waals surface area contributed by atoms with Gasteiger partial charge >= 0.3 is 6.09 Å². The summed E-state index contributed by atoms with van der Waals surface area (Å²) in [5.41, 5.74) is 5.28. The van der Waals surface area contributed by atoms with Crippen LogP contribution >= 0.6 is 0 Å². The lowest BCUT2D eigenvalue weighted by molar-refractivity contribution is -0.136. The Morgan fingerprint density at radius 2 is 1.53 bits per heavy atom. The van der Waals surface area contributed by atoms with E-state index in [-0.39, 0.29) is 6.61 Å². The third-order valence-corrected chi connectivity index (χ3v) is 6.01. The number of anilines is 1. The summed E-state index contributed by atoms with van der Waals surface area (Å²) in [6.45, 7) is 0.709. The maximum Gasteiger partial charge on any atom is 0.414 e. The highest BCUT2D eigenvalue weighted by atomic mass is 16.6. The van der Waals surface area contributed by atoms with Gasteiger partial charge in [0.25, 0.3) is 6.47 Å². The predicted octanol–water partition coefficient (Wildman–Crippen LogP) is 6.52. The molecule has 1 aromatic heterocycles. The number of ether oxygens (including phenoxy) is 2. The van der Waals surface area contributed by atoms with E-state index >= 15 is 0 Å². The number of amides is 1. The molecule has 6 nitrogen and oxygen atoms in total. The van der Waals surface area contributed by atoms with E-state index in [1.807, 2.05) is 78.9 Å². The van der Waals surface area contributed by atoms with Crippen LogP contribution in [0.1, 0.15) is 24.0 Å². The fourth-order valence-corrected chi connectivity index (χ4v) is 3.97. The van der Waals surface area contributed by atoms with Crippen LogP contribution in [0.15, 0.2) is 95.6 Å². The number of nitrogens with one attached hydrogen (secondary N) is 1. The van der Waals surface area contributed by atoms with Crippen LogP contribution in [0.3, 0.4) is 0 Å². The Hall–Kier alpha value is -4.32. The number of furan rings is 1. The molecule has 0 bridgehead atoms. The van der Waals surface area contributed by atoms with E-state index in [4.69, 9.17) is 13.9 Å². The van der Waals surface area contributed by atoms with Gasteiger partial charge in [0, 0.05) is 5.56 Å². The van der Waals surface area contributed by atoms with Crippen molar-refractivity contribution in [3.63, 3.8) is 0 Å². The molecule has 0 atom stereocenters. The monoisotopic (exact) mass is 453 g/mol. The average molecular weight is 453 g/mol. The number of hydrogen-bond donors (Lipinski definition) is 1. The van der Waals surface area contributed by atoms with E-state index in [1.54, 1.807) is 6.07 Å². The topological polar surface area (TPSA) is 77.8 Å². The first kappa shape index (κ1) is 21.5. The Morgan fingerprint density at radius 3 is 2.18 bits per heavy atom. The van der Waals surface area contributed by atoms with Gasteiger partial charge in [0.1, 0.15) is 12.2 Å². The van der Waals surface area contributed by atoms with Crippen LogP contribution in [0, 0.1) is 0 Å². The van der Waals surface area contributed by atoms with Crippen molar-refractivity contribution < 1.29 is 23.5 Å². The third-order valence-electron chi connectivity index (χ3n) is 6.01. The Morgan fingerprint density at radius 1 is 0.882 bits per heavy atom. The van der Waals surface area contributed by atoms with E-state index < -0.39 is 11.7 Å². The molecule has 1 N–H and O–H groups in total. The molecule has 5 rings (SSSR count). The molecule has 1 aliphatic carbocycles. The predicted molar refractivity (Wildman–Crippen MR) is 128 cm³/mol. The number of hydrogen-bond acceptors (Lipinski definition) is 5. The molecule has 1 heterocycles. The van der Waals surface area contributed by atoms with Gasteiger partial charge in [-0.2, -0.15) is 0 Å². The van der Waals surface area contributed by atoms with Gasteiger partial charge in [-0.15, -0.1) is 0 Å². The Balaban J connectivity index is 1.25. The van der Waals surface area contributed by atoms with Crippen molar-refractivity contribution in [2.75, 3.05) is 5.32 Å². The third kappa shape index (κ3) is 4.57. The molecule has 1 aliphatic rings. The lowest BCUT2D eigenvalue weighted by Crippen LogP contribution is -2.13. The van der Waals surface area contributed by atoms with E-state index in [2.05, 4.69) is 5.32 Å². The van der Waals surface area contributed by atoms with Crippen molar-refractivity contribution in [2.24, 2.45) is 0 Å². The van der Waals surface area contributed by atoms with Gasteiger partial charge in [0.2, 0.25) is 5.88 Å². The fourth-order valence-electron chi connectivity index (χ4n) is 3.97. The molecule has 1 saturated carbocycles. The molecule has 6 heteroatoms. The van der Waals surface area contributed by atoms with Crippen molar-refractivity contribution in [3.8, 4) is 22.3 Å². The van der Waals surface area contributed by atoms with Crippen molar-refractivity contribution >= 4 is 18.4 Å². The van der Waals surface area contributed by atoms with Crippen LogP contribution in [0.25, 0.3) is 22.3 Å². The SMILES string of the molecule is O=COC1(c2ccc(-c3ccc(-c4ccoc4NC(=O)OCc4ccccc4)cc3)cc2)CC1. The fraction of sp³-hybridized carbons (Fsp3) is 0.143. The van der Waals surface area contributed by atoms with E-state index in [0.29, 0.717) is 12.4 Å². The number of carbonyl (C=O) groups excluding carboxylic acids is 2. The molecular formula is C28H23NO5. The molecule has 0 spiro atoms. The molecule has 0 aliphatic heterocycles. The van der Waals surface area contributed by atoms with Gasteiger partial charge in [-0.25, -0.2) is 4.79 Å². The van der Waals surface area contributed by atoms with E-state index in [1.165, 1.54) is 6.26 Å². The summed E-state index contributed by atoms with van der Waals surface area (Å²) in [4.78, 5) is 23.0. The van der Waals surface area contributed by atoms with Gasteiger partial charge in [-0.05, 0) is 46.7 Å². The van der Waals surface area contributed by atoms with Gasteiger partial charge < -0.3 is 13.9 Å². The molecule has 170 valence electrons. The second-order valence-corrected chi connectivity index (χ2v) is 8.21. The van der Waals surface area contributed by atoms with Gasteiger partial charge in [0.15, 0.2) is 0 Å². The summed E-state index contributed by atoms with van der Waals surface area (Å²) in [5, 5.41) is 2.68. The van der Waals surface area contributed by atoms with Gasteiger partial charge in [-0.3, -0.25) is 10.1 Å². The average Bonchev–Trinajstić information content (AvgIpc) is 3.53. The maximum absolute atomic E-state index is 12.2. The normalized spacial score (nSPS) is 13.6. The summed E-state index contributed by atoms with van der Waals surface area (Å²) in [6, 6.07) is 27.4. The highest BCUT2D eigenvalue weighted by Crippen LogP contribution is 2.49. The minimum absolute atomic E-state index is 0.179. The summed E-state index contributed by atoms with van der Waals surface area (Å²) in [5.74, 6) is 0.333. The van der Waals surface area contributed by atoms with E-state index in [0.717, 1.165) is 46.2 Å². The standard InChI is InChI=1S/C28H23NO5/c30-19-34-28(15-16-28)24-12-10-22(11-13-24)21-6-8-23(9-7-21)25-14-17-32-26(25)29-27(31)33-18-20-4-2-1-3-5-20/h1-14,17,19H,15-16,18H2,(H,29,31). The van der Waals surface area contributed by atoms with Crippen molar-refractivity contribution in [1.82, 2.24) is 0 Å². The zero-order chi connectivity index (χ0) is 23.4. The minimum atomic E-state index is -0.580. The van der Waals surface area contributed by atoms with Crippen LogP contribution in [0.4, 0.5) is 10.7 Å². The first-order valence-electron chi connectivity index (χ1n) is 11.0. The number of carbonyl (C=O) groups is 2. The molecule has 1 amide bonds. The number of rotatable bonds is 8. The lowest BCUT2D eigenvalue weighted by Gasteiger charge is -2.14. The van der Waals surface area contributed by atoms with Crippen molar-refractivity contribution in [1.29, 1.82) is 0 Å². The number of benzene rings is 3. The Labute approximate surface area is 197 Å². The molecule has 0 unspecified atom stereocenters. The second-order valence-electron chi connectivity index (χ2n) is 8.21. The first-order valence-corrected chi connectivity index (χ1v) is 11.0. The van der Waals surface area contributed by atoms with Crippen LogP contribution < -0.4 is 5.32 Å². The second kappa shape index (κ2) is 9.27. The summed E-state index contributed by atoms with van der Waals surface area (Å²) >= 11 is 0. The van der Waals surface area contributed by atoms with Crippen LogP contribution in [-0.4, -0.2) is 12.6 Å². The Kier molecular flexibility index (Phi) is 5.87. The smallest absolute Gasteiger partial charge is 0.414 e. The molecule has 0 saturated heterocycles. The zero-order valence-electron chi connectivity index (χ0n) is 18.4. The maximum atomic E-state index is 12.2. The molecule has 4 aromatic rings. The highest BCUT2D eigenvalue weighted by Gasteiger charge is 2.46. The van der Waals surface area contributed by atoms with Gasteiger partial charge in [0.05, 0.1) is 6.26 Å². The quantitative estimate of drug-likeness (QED) is 0.307.